The summed E-state index contributed by atoms with van der Waals surface area (Å²) < 4.78 is 23.6. The Morgan fingerprint density at radius 2 is 2.26 bits per heavy atom. The number of ether oxygens (including phenoxy) is 1. The van der Waals surface area contributed by atoms with Crippen LogP contribution in [0.3, 0.4) is 0 Å². The maximum Gasteiger partial charge on any atom is 0.250 e. The monoisotopic (exact) mass is 260 g/mol. The van der Waals surface area contributed by atoms with Crippen molar-refractivity contribution in [1.82, 2.24) is 10.1 Å². The minimum Gasteiger partial charge on any atom is -0.370 e. The summed E-state index contributed by atoms with van der Waals surface area (Å²) in [7, 11) is 0. The lowest BCUT2D eigenvalue weighted by molar-refractivity contribution is 0.103. The highest BCUT2D eigenvalue weighted by Gasteiger charge is 2.22. The van der Waals surface area contributed by atoms with E-state index in [1.807, 2.05) is 0 Å². The van der Waals surface area contributed by atoms with Gasteiger partial charge in [0.25, 0.3) is 5.89 Å². The molecule has 3 rings (SSSR count). The fraction of sp³-hybridized carbons (Fsp3) is 0.286. The van der Waals surface area contributed by atoms with Gasteiger partial charge in [-0.2, -0.15) is 4.98 Å². The second-order valence-electron chi connectivity index (χ2n) is 4.38. The van der Waals surface area contributed by atoms with Crippen LogP contribution in [-0.4, -0.2) is 16.7 Å². The quantitative estimate of drug-likeness (QED) is 0.850. The first-order valence-corrected chi connectivity index (χ1v) is 6.20. The van der Waals surface area contributed by atoms with E-state index in [0.29, 0.717) is 11.7 Å². The average Bonchev–Trinajstić information content (AvgIpc) is 3.07. The summed E-state index contributed by atoms with van der Waals surface area (Å²) in [4.78, 5) is 4.25. The Labute approximate surface area is 109 Å². The smallest absolute Gasteiger partial charge is 0.250 e. The van der Waals surface area contributed by atoms with E-state index in [4.69, 9.17) is 9.26 Å². The van der Waals surface area contributed by atoms with E-state index in [2.05, 4.69) is 10.1 Å². The van der Waals surface area contributed by atoms with Gasteiger partial charge in [-0.25, -0.2) is 4.39 Å². The molecule has 0 aliphatic carbocycles. The van der Waals surface area contributed by atoms with Crippen molar-refractivity contribution < 1.29 is 13.7 Å². The van der Waals surface area contributed by atoms with Crippen molar-refractivity contribution in [1.29, 1.82) is 0 Å². The molecule has 98 valence electrons. The summed E-state index contributed by atoms with van der Waals surface area (Å²) >= 11 is 0. The Morgan fingerprint density at radius 3 is 3.05 bits per heavy atom. The molecular formula is C14H13FN2O2. The van der Waals surface area contributed by atoms with Gasteiger partial charge in [-0.05, 0) is 36.6 Å². The molecule has 0 N–H and O–H groups in total. The molecule has 1 atom stereocenters. The molecule has 0 radical (unpaired) electrons. The minimum atomic E-state index is -0.271. The first kappa shape index (κ1) is 12.0. The Morgan fingerprint density at radius 1 is 1.32 bits per heavy atom. The van der Waals surface area contributed by atoms with Crippen LogP contribution in [0.1, 0.15) is 36.2 Å². The van der Waals surface area contributed by atoms with Crippen LogP contribution >= 0.6 is 0 Å². The third kappa shape index (κ3) is 2.88. The molecule has 0 amide bonds. The molecule has 4 nitrogen and oxygen atoms in total. The van der Waals surface area contributed by atoms with Crippen molar-refractivity contribution in [3.63, 3.8) is 0 Å². The van der Waals surface area contributed by atoms with Crippen molar-refractivity contribution in [2.45, 2.75) is 18.9 Å². The summed E-state index contributed by atoms with van der Waals surface area (Å²) in [5.41, 5.74) is 0.747. The molecule has 0 spiro atoms. The van der Waals surface area contributed by atoms with E-state index < -0.39 is 0 Å². The summed E-state index contributed by atoms with van der Waals surface area (Å²) in [6.45, 7) is 0.744. The zero-order valence-corrected chi connectivity index (χ0v) is 10.3. The minimum absolute atomic E-state index is 0.0555. The highest BCUT2D eigenvalue weighted by atomic mass is 19.1. The van der Waals surface area contributed by atoms with E-state index in [1.54, 1.807) is 24.3 Å². The van der Waals surface area contributed by atoms with E-state index in [-0.39, 0.29) is 11.9 Å². The second-order valence-corrected chi connectivity index (χ2v) is 4.38. The van der Waals surface area contributed by atoms with Gasteiger partial charge in [-0.3, -0.25) is 0 Å². The van der Waals surface area contributed by atoms with Gasteiger partial charge in [0.1, 0.15) is 11.9 Å². The number of rotatable bonds is 3. The van der Waals surface area contributed by atoms with Crippen LogP contribution in [0.15, 0.2) is 28.8 Å². The second kappa shape index (κ2) is 5.32. The summed E-state index contributed by atoms with van der Waals surface area (Å²) in [5, 5.41) is 3.89. The van der Waals surface area contributed by atoms with Crippen molar-refractivity contribution in [3.8, 4) is 0 Å². The third-order valence-electron chi connectivity index (χ3n) is 2.94. The van der Waals surface area contributed by atoms with Gasteiger partial charge in [0.05, 0.1) is 0 Å². The molecule has 1 unspecified atom stereocenters. The van der Waals surface area contributed by atoms with Crippen LogP contribution in [0.25, 0.3) is 12.2 Å². The standard InChI is InChI=1S/C14H13FN2O2/c15-11-4-1-3-10(9-11)6-7-13-16-14(17-19-13)12-5-2-8-18-12/h1,3-4,6-7,9,12H,2,5,8H2/b7-6+. The Balaban J connectivity index is 1.73. The molecule has 1 aromatic heterocycles. The highest BCUT2D eigenvalue weighted by molar-refractivity contribution is 5.65. The molecule has 5 heteroatoms. The van der Waals surface area contributed by atoms with Crippen molar-refractivity contribution in [3.05, 3.63) is 47.4 Å². The fourth-order valence-electron chi connectivity index (χ4n) is 2.00. The third-order valence-corrected chi connectivity index (χ3v) is 2.94. The van der Waals surface area contributed by atoms with E-state index >= 15 is 0 Å². The van der Waals surface area contributed by atoms with Crippen LogP contribution in [0.5, 0.6) is 0 Å². The molecular weight excluding hydrogens is 247 g/mol. The largest absolute Gasteiger partial charge is 0.370 e. The van der Waals surface area contributed by atoms with Crippen LogP contribution in [0.2, 0.25) is 0 Å². The van der Waals surface area contributed by atoms with Gasteiger partial charge in [0, 0.05) is 12.7 Å². The summed E-state index contributed by atoms with van der Waals surface area (Å²) in [6.07, 6.45) is 5.29. The molecule has 2 aromatic rings. The molecule has 1 aliphatic heterocycles. The first-order chi connectivity index (χ1) is 9.31. The number of nitrogens with zero attached hydrogens (tertiary/aromatic N) is 2. The van der Waals surface area contributed by atoms with Crippen molar-refractivity contribution >= 4 is 12.2 Å². The maximum absolute atomic E-state index is 13.0. The normalized spacial score (nSPS) is 19.3. The molecule has 1 fully saturated rings. The molecule has 0 bridgehead atoms. The number of hydrogen-bond donors (Lipinski definition) is 0. The Hall–Kier alpha value is -2.01. The number of aromatic nitrogens is 2. The zero-order valence-electron chi connectivity index (χ0n) is 10.3. The Bertz CT molecular complexity index is 589. The zero-order chi connectivity index (χ0) is 13.1. The number of benzene rings is 1. The lowest BCUT2D eigenvalue weighted by atomic mass is 10.2. The van der Waals surface area contributed by atoms with Gasteiger partial charge < -0.3 is 9.26 Å². The fourth-order valence-corrected chi connectivity index (χ4v) is 2.00. The lowest BCUT2D eigenvalue weighted by Gasteiger charge is -2.00. The maximum atomic E-state index is 13.0. The van der Waals surface area contributed by atoms with Gasteiger partial charge in [0.2, 0.25) is 5.82 Å². The molecule has 1 saturated heterocycles. The molecule has 1 aliphatic rings. The van der Waals surface area contributed by atoms with Crippen LogP contribution in [0.4, 0.5) is 4.39 Å². The van der Waals surface area contributed by atoms with Crippen molar-refractivity contribution in [2.75, 3.05) is 6.61 Å². The van der Waals surface area contributed by atoms with Gasteiger partial charge in [-0.15, -0.1) is 0 Å². The highest BCUT2D eigenvalue weighted by Crippen LogP contribution is 2.26. The number of halogens is 1. The SMILES string of the molecule is Fc1cccc(/C=C/c2nc(C3CCCO3)no2)c1. The van der Waals surface area contributed by atoms with E-state index in [0.717, 1.165) is 25.0 Å². The predicted molar refractivity (Wildman–Crippen MR) is 67.6 cm³/mol. The van der Waals surface area contributed by atoms with Crippen LogP contribution in [0, 0.1) is 5.82 Å². The van der Waals surface area contributed by atoms with Crippen LogP contribution < -0.4 is 0 Å². The summed E-state index contributed by atoms with van der Waals surface area (Å²) in [6, 6.07) is 6.30. The molecule has 19 heavy (non-hydrogen) atoms. The molecule has 0 saturated carbocycles. The van der Waals surface area contributed by atoms with Crippen LogP contribution in [-0.2, 0) is 4.74 Å². The predicted octanol–water partition coefficient (Wildman–Crippen LogP) is 3.23. The van der Waals surface area contributed by atoms with E-state index in [9.17, 15) is 4.39 Å². The average molecular weight is 260 g/mol. The Kier molecular flexibility index (Phi) is 3.37. The molecule has 2 heterocycles. The van der Waals surface area contributed by atoms with Gasteiger partial charge >= 0.3 is 0 Å². The van der Waals surface area contributed by atoms with E-state index in [1.165, 1.54) is 12.1 Å². The van der Waals surface area contributed by atoms with Gasteiger partial charge in [0.15, 0.2) is 0 Å². The number of hydrogen-bond acceptors (Lipinski definition) is 4. The molecule has 1 aromatic carbocycles. The van der Waals surface area contributed by atoms with Gasteiger partial charge in [-0.1, -0.05) is 17.3 Å². The topological polar surface area (TPSA) is 48.2 Å². The summed E-state index contributed by atoms with van der Waals surface area (Å²) in [5.74, 6) is 0.707. The lowest BCUT2D eigenvalue weighted by Crippen LogP contribution is -1.97. The van der Waals surface area contributed by atoms with Crippen molar-refractivity contribution in [2.24, 2.45) is 0 Å². The first-order valence-electron chi connectivity index (χ1n) is 6.20.